The Balaban J connectivity index is 2.69. The van der Waals surface area contributed by atoms with Crippen molar-refractivity contribution in [1.82, 2.24) is 4.98 Å². The monoisotopic (exact) mass is 205 g/mol. The Bertz CT molecular complexity index is 398. The van der Waals surface area contributed by atoms with Crippen LogP contribution in [0.4, 0.5) is 5.82 Å². The van der Waals surface area contributed by atoms with Crippen LogP contribution in [0.15, 0.2) is 18.2 Å². The quantitative estimate of drug-likeness (QED) is 0.788. The molecule has 1 N–H and O–H groups in total. The van der Waals surface area contributed by atoms with Crippen LogP contribution in [0.5, 0.6) is 0 Å². The Kier molecular flexibility index (Phi) is 3.63. The summed E-state index contributed by atoms with van der Waals surface area (Å²) in [5.41, 5.74) is 0.328. The molecule has 1 heterocycles. The van der Waals surface area contributed by atoms with Crippen molar-refractivity contribution in [2.45, 2.75) is 6.42 Å². The number of carboxylic acids is 1. The topological polar surface area (TPSA) is 77.2 Å². The van der Waals surface area contributed by atoms with Crippen LogP contribution in [0.25, 0.3) is 0 Å². The third kappa shape index (κ3) is 3.27. The van der Waals surface area contributed by atoms with Crippen LogP contribution in [0.3, 0.4) is 0 Å². The minimum Gasteiger partial charge on any atom is -0.481 e. The molecule has 0 radical (unpaired) electrons. The van der Waals surface area contributed by atoms with Gasteiger partial charge in [-0.25, -0.2) is 4.98 Å². The van der Waals surface area contributed by atoms with E-state index in [1.54, 1.807) is 30.1 Å². The van der Waals surface area contributed by atoms with Crippen molar-refractivity contribution in [3.05, 3.63) is 23.9 Å². The van der Waals surface area contributed by atoms with E-state index in [2.05, 4.69) is 4.98 Å². The molecule has 0 saturated heterocycles. The van der Waals surface area contributed by atoms with Crippen molar-refractivity contribution in [2.75, 3.05) is 18.5 Å². The Morgan fingerprint density at radius 2 is 2.40 bits per heavy atom. The number of anilines is 1. The van der Waals surface area contributed by atoms with Gasteiger partial charge in [-0.1, -0.05) is 6.07 Å². The maximum absolute atomic E-state index is 10.4. The molecule has 0 bridgehead atoms. The zero-order valence-corrected chi connectivity index (χ0v) is 8.34. The van der Waals surface area contributed by atoms with Crippen LogP contribution < -0.4 is 4.90 Å². The number of hydrogen-bond acceptors (Lipinski definition) is 4. The van der Waals surface area contributed by atoms with Gasteiger partial charge in [0.05, 0.1) is 6.42 Å². The van der Waals surface area contributed by atoms with Gasteiger partial charge in [-0.3, -0.25) is 4.79 Å². The fourth-order valence-electron chi connectivity index (χ4n) is 1.08. The fraction of sp³-hybridized carbons (Fsp3) is 0.300. The van der Waals surface area contributed by atoms with E-state index in [-0.39, 0.29) is 6.42 Å². The van der Waals surface area contributed by atoms with Gasteiger partial charge in [-0.05, 0) is 12.1 Å². The molecular weight excluding hydrogens is 194 g/mol. The van der Waals surface area contributed by atoms with Crippen LogP contribution >= 0.6 is 0 Å². The van der Waals surface area contributed by atoms with Crippen molar-refractivity contribution in [3.63, 3.8) is 0 Å². The molecule has 0 fully saturated rings. The summed E-state index contributed by atoms with van der Waals surface area (Å²) in [6.45, 7) is 0.372. The first-order valence-corrected chi connectivity index (χ1v) is 4.43. The van der Waals surface area contributed by atoms with Gasteiger partial charge in [0.2, 0.25) is 0 Å². The van der Waals surface area contributed by atoms with Gasteiger partial charge in [-0.15, -0.1) is 0 Å². The molecule has 0 saturated carbocycles. The van der Waals surface area contributed by atoms with Gasteiger partial charge in [0.1, 0.15) is 17.6 Å². The first-order valence-electron chi connectivity index (χ1n) is 4.43. The van der Waals surface area contributed by atoms with E-state index >= 15 is 0 Å². The van der Waals surface area contributed by atoms with E-state index < -0.39 is 5.97 Å². The van der Waals surface area contributed by atoms with Gasteiger partial charge in [0.15, 0.2) is 0 Å². The van der Waals surface area contributed by atoms with Crippen LogP contribution in [0, 0.1) is 11.3 Å². The van der Waals surface area contributed by atoms with Gasteiger partial charge < -0.3 is 10.0 Å². The molecule has 0 aliphatic heterocycles. The maximum atomic E-state index is 10.4. The summed E-state index contributed by atoms with van der Waals surface area (Å²) in [7, 11) is 1.74. The molecule has 1 rings (SSSR count). The molecular formula is C10H11N3O2. The second-order valence-electron chi connectivity index (χ2n) is 3.06. The first kappa shape index (κ1) is 11.0. The van der Waals surface area contributed by atoms with Crippen LogP contribution in [0.1, 0.15) is 12.1 Å². The second-order valence-corrected chi connectivity index (χ2v) is 3.06. The SMILES string of the molecule is CN(CCC(=O)O)c1cccc(C#N)n1. The number of rotatable bonds is 4. The molecule has 0 unspecified atom stereocenters. The van der Waals surface area contributed by atoms with E-state index in [0.29, 0.717) is 18.1 Å². The third-order valence-corrected chi connectivity index (χ3v) is 1.90. The predicted octanol–water partition coefficient (Wildman–Crippen LogP) is 0.864. The van der Waals surface area contributed by atoms with E-state index in [1.807, 2.05) is 6.07 Å². The molecule has 78 valence electrons. The molecule has 0 aliphatic carbocycles. The number of hydrogen-bond donors (Lipinski definition) is 1. The lowest BCUT2D eigenvalue weighted by Crippen LogP contribution is -2.22. The molecule has 15 heavy (non-hydrogen) atoms. The van der Waals surface area contributed by atoms with Gasteiger partial charge in [0.25, 0.3) is 0 Å². The molecule has 0 aromatic carbocycles. The highest BCUT2D eigenvalue weighted by molar-refractivity contribution is 5.67. The predicted molar refractivity (Wildman–Crippen MR) is 54.5 cm³/mol. The molecule has 5 nitrogen and oxygen atoms in total. The molecule has 5 heteroatoms. The van der Waals surface area contributed by atoms with Crippen LogP contribution in [0.2, 0.25) is 0 Å². The van der Waals surface area contributed by atoms with E-state index in [4.69, 9.17) is 10.4 Å². The Morgan fingerprint density at radius 1 is 1.67 bits per heavy atom. The molecule has 0 amide bonds. The standard InChI is InChI=1S/C10H11N3O2/c1-13(6-5-10(14)15)9-4-2-3-8(7-11)12-9/h2-4H,5-6H2,1H3,(H,14,15). The van der Waals surface area contributed by atoms with Gasteiger partial charge >= 0.3 is 5.97 Å². The Labute approximate surface area is 87.6 Å². The minimum absolute atomic E-state index is 0.0506. The molecule has 1 aromatic rings. The highest BCUT2D eigenvalue weighted by Crippen LogP contribution is 2.09. The zero-order valence-electron chi connectivity index (χ0n) is 8.34. The normalized spacial score (nSPS) is 9.33. The average molecular weight is 205 g/mol. The third-order valence-electron chi connectivity index (χ3n) is 1.90. The number of nitrogens with zero attached hydrogens (tertiary/aromatic N) is 3. The smallest absolute Gasteiger partial charge is 0.305 e. The molecule has 0 spiro atoms. The lowest BCUT2D eigenvalue weighted by molar-refractivity contribution is -0.136. The number of nitriles is 1. The second kappa shape index (κ2) is 4.96. The van der Waals surface area contributed by atoms with Crippen molar-refractivity contribution in [2.24, 2.45) is 0 Å². The van der Waals surface area contributed by atoms with E-state index in [0.717, 1.165) is 0 Å². The fourth-order valence-corrected chi connectivity index (χ4v) is 1.08. The van der Waals surface area contributed by atoms with E-state index in [1.165, 1.54) is 0 Å². The number of aliphatic carboxylic acids is 1. The van der Waals surface area contributed by atoms with Crippen LogP contribution in [-0.4, -0.2) is 29.7 Å². The lowest BCUT2D eigenvalue weighted by Gasteiger charge is -2.16. The van der Waals surface area contributed by atoms with Crippen LogP contribution in [-0.2, 0) is 4.79 Å². The van der Waals surface area contributed by atoms with Crippen molar-refractivity contribution < 1.29 is 9.90 Å². The van der Waals surface area contributed by atoms with Crippen molar-refractivity contribution in [1.29, 1.82) is 5.26 Å². The van der Waals surface area contributed by atoms with Crippen molar-refractivity contribution in [3.8, 4) is 6.07 Å². The highest BCUT2D eigenvalue weighted by Gasteiger charge is 2.05. The lowest BCUT2D eigenvalue weighted by atomic mass is 10.3. The number of carbonyl (C=O) groups is 1. The largest absolute Gasteiger partial charge is 0.481 e. The van der Waals surface area contributed by atoms with Gasteiger partial charge in [0, 0.05) is 13.6 Å². The summed E-state index contributed by atoms with van der Waals surface area (Å²) in [5, 5.41) is 17.1. The summed E-state index contributed by atoms with van der Waals surface area (Å²) in [4.78, 5) is 16.1. The highest BCUT2D eigenvalue weighted by atomic mass is 16.4. The number of aromatic nitrogens is 1. The summed E-state index contributed by atoms with van der Waals surface area (Å²) in [6.07, 6.45) is 0.0506. The first-order chi connectivity index (χ1) is 7.13. The molecule has 1 aromatic heterocycles. The average Bonchev–Trinajstić information content (AvgIpc) is 2.26. The van der Waals surface area contributed by atoms with E-state index in [9.17, 15) is 4.79 Å². The molecule has 0 aliphatic rings. The maximum Gasteiger partial charge on any atom is 0.305 e. The van der Waals surface area contributed by atoms with Crippen molar-refractivity contribution >= 4 is 11.8 Å². The summed E-state index contributed by atoms with van der Waals surface area (Å²) >= 11 is 0. The summed E-state index contributed by atoms with van der Waals surface area (Å²) in [5.74, 6) is -0.242. The summed E-state index contributed by atoms with van der Waals surface area (Å²) < 4.78 is 0. The molecule has 0 atom stereocenters. The minimum atomic E-state index is -0.849. The Hall–Kier alpha value is -2.09. The summed E-state index contributed by atoms with van der Waals surface area (Å²) in [6, 6.07) is 7.00. The Morgan fingerprint density at radius 3 is 3.00 bits per heavy atom. The number of pyridine rings is 1. The van der Waals surface area contributed by atoms with Gasteiger partial charge in [-0.2, -0.15) is 5.26 Å². The number of carboxylic acid groups (broad SMARTS) is 1. The zero-order chi connectivity index (χ0) is 11.3.